The van der Waals surface area contributed by atoms with Gasteiger partial charge in [-0.1, -0.05) is 18.2 Å². The van der Waals surface area contributed by atoms with Crippen LogP contribution in [0.2, 0.25) is 0 Å². The number of rotatable bonds is 3. The molecule has 21 heavy (non-hydrogen) atoms. The molecule has 0 radical (unpaired) electrons. The van der Waals surface area contributed by atoms with Crippen molar-refractivity contribution in [1.82, 2.24) is 4.57 Å². The van der Waals surface area contributed by atoms with Gasteiger partial charge < -0.3 is 20.1 Å². The second-order valence-corrected chi connectivity index (χ2v) is 4.51. The lowest BCUT2D eigenvalue weighted by molar-refractivity contribution is 0.0592. The third kappa shape index (κ3) is 2.47. The fourth-order valence-corrected chi connectivity index (χ4v) is 2.16. The molecule has 0 fully saturated rings. The third-order valence-corrected chi connectivity index (χ3v) is 3.19. The van der Waals surface area contributed by atoms with Crippen molar-refractivity contribution in [3.63, 3.8) is 0 Å². The van der Waals surface area contributed by atoms with Crippen molar-refractivity contribution in [2.24, 2.45) is 0 Å². The van der Waals surface area contributed by atoms with Crippen molar-refractivity contribution in [2.45, 2.75) is 13.0 Å². The maximum absolute atomic E-state index is 11.9. The van der Waals surface area contributed by atoms with Crippen molar-refractivity contribution in [2.75, 3.05) is 12.8 Å². The van der Waals surface area contributed by atoms with Crippen LogP contribution >= 0.6 is 0 Å². The SMILES string of the molecule is COC(=O)c1c(N)c(C#N)cn1-c1ccccc1C(C)O. The van der Waals surface area contributed by atoms with Crippen LogP contribution in [0.25, 0.3) is 5.69 Å². The number of esters is 1. The first-order chi connectivity index (χ1) is 10.0. The number of benzene rings is 1. The summed E-state index contributed by atoms with van der Waals surface area (Å²) in [6.07, 6.45) is 0.726. The molecule has 0 aliphatic rings. The Labute approximate surface area is 122 Å². The van der Waals surface area contributed by atoms with Crippen LogP contribution in [0.15, 0.2) is 30.5 Å². The number of ether oxygens (including phenoxy) is 1. The summed E-state index contributed by atoms with van der Waals surface area (Å²) in [5.74, 6) is -0.644. The van der Waals surface area contributed by atoms with Gasteiger partial charge in [0.25, 0.3) is 0 Å². The van der Waals surface area contributed by atoms with Gasteiger partial charge in [0.05, 0.1) is 30.2 Å². The summed E-state index contributed by atoms with van der Waals surface area (Å²) in [5.41, 5.74) is 7.34. The van der Waals surface area contributed by atoms with Gasteiger partial charge in [0.1, 0.15) is 6.07 Å². The number of aromatic nitrogens is 1. The van der Waals surface area contributed by atoms with Gasteiger partial charge in [-0.25, -0.2) is 4.79 Å². The molecule has 1 heterocycles. The molecular formula is C15H15N3O3. The number of hydrogen-bond acceptors (Lipinski definition) is 5. The highest BCUT2D eigenvalue weighted by molar-refractivity contribution is 5.96. The molecular weight excluding hydrogens is 270 g/mol. The zero-order valence-corrected chi connectivity index (χ0v) is 11.7. The van der Waals surface area contributed by atoms with Crippen LogP contribution < -0.4 is 5.73 Å². The summed E-state index contributed by atoms with van der Waals surface area (Å²) >= 11 is 0. The van der Waals surface area contributed by atoms with Gasteiger partial charge in [0.15, 0.2) is 5.69 Å². The van der Waals surface area contributed by atoms with Crippen LogP contribution in [0.5, 0.6) is 0 Å². The number of nitriles is 1. The third-order valence-electron chi connectivity index (χ3n) is 3.19. The molecule has 0 saturated carbocycles. The zero-order chi connectivity index (χ0) is 15.6. The number of anilines is 1. The molecule has 6 heteroatoms. The largest absolute Gasteiger partial charge is 0.464 e. The van der Waals surface area contributed by atoms with Gasteiger partial charge in [0, 0.05) is 11.8 Å². The second kappa shape index (κ2) is 5.69. The molecule has 0 spiro atoms. The van der Waals surface area contributed by atoms with E-state index in [9.17, 15) is 9.90 Å². The minimum Gasteiger partial charge on any atom is -0.464 e. The first kappa shape index (κ1) is 14.6. The van der Waals surface area contributed by atoms with Gasteiger partial charge in [-0.05, 0) is 13.0 Å². The van der Waals surface area contributed by atoms with E-state index < -0.39 is 12.1 Å². The lowest BCUT2D eigenvalue weighted by atomic mass is 10.1. The molecule has 2 aromatic rings. The van der Waals surface area contributed by atoms with Crippen molar-refractivity contribution in [3.05, 3.63) is 47.3 Å². The zero-order valence-electron chi connectivity index (χ0n) is 11.7. The quantitative estimate of drug-likeness (QED) is 0.837. The number of nitrogens with zero attached hydrogens (tertiary/aromatic N) is 2. The topological polar surface area (TPSA) is 101 Å². The minimum absolute atomic E-state index is 0.0599. The van der Waals surface area contributed by atoms with Crippen LogP contribution in [0.1, 0.15) is 34.6 Å². The molecule has 1 atom stereocenters. The predicted molar refractivity (Wildman–Crippen MR) is 76.9 cm³/mol. The fraction of sp³-hybridized carbons (Fsp3) is 0.200. The van der Waals surface area contributed by atoms with Crippen LogP contribution in [0, 0.1) is 11.3 Å². The lowest BCUT2D eigenvalue weighted by Gasteiger charge is -2.15. The summed E-state index contributed by atoms with van der Waals surface area (Å²) < 4.78 is 6.20. The van der Waals surface area contributed by atoms with E-state index in [2.05, 4.69) is 0 Å². The standard InChI is InChI=1S/C15H15N3O3/c1-9(19)11-5-3-4-6-12(11)18-8-10(7-16)13(17)14(18)15(20)21-2/h3-6,8-9,19H,17H2,1-2H3. The normalized spacial score (nSPS) is 11.7. The first-order valence-electron chi connectivity index (χ1n) is 6.27. The van der Waals surface area contributed by atoms with Crippen molar-refractivity contribution in [1.29, 1.82) is 5.26 Å². The van der Waals surface area contributed by atoms with E-state index >= 15 is 0 Å². The number of para-hydroxylation sites is 1. The molecule has 0 saturated heterocycles. The maximum atomic E-state index is 11.9. The molecule has 1 aromatic heterocycles. The Morgan fingerprint density at radius 3 is 2.71 bits per heavy atom. The number of carbonyl (C=O) groups is 1. The van der Waals surface area contributed by atoms with E-state index in [0.717, 1.165) is 0 Å². The van der Waals surface area contributed by atoms with Gasteiger partial charge in [0.2, 0.25) is 0 Å². The predicted octanol–water partition coefficient (Wildman–Crippen LogP) is 1.77. The summed E-state index contributed by atoms with van der Waals surface area (Å²) in [6, 6.07) is 8.96. The minimum atomic E-state index is -0.735. The molecule has 2 rings (SSSR count). The summed E-state index contributed by atoms with van der Waals surface area (Å²) in [6.45, 7) is 1.62. The Morgan fingerprint density at radius 2 is 2.14 bits per heavy atom. The highest BCUT2D eigenvalue weighted by atomic mass is 16.5. The Balaban J connectivity index is 2.76. The molecule has 0 aliphatic carbocycles. The van der Waals surface area contributed by atoms with E-state index in [1.807, 2.05) is 6.07 Å². The van der Waals surface area contributed by atoms with Crippen LogP contribution in [-0.2, 0) is 4.74 Å². The molecule has 1 aromatic carbocycles. The highest BCUT2D eigenvalue weighted by Crippen LogP contribution is 2.28. The second-order valence-electron chi connectivity index (χ2n) is 4.51. The van der Waals surface area contributed by atoms with Crippen molar-refractivity contribution < 1.29 is 14.6 Å². The molecule has 0 bridgehead atoms. The van der Waals surface area contributed by atoms with E-state index in [1.54, 1.807) is 31.2 Å². The summed E-state index contributed by atoms with van der Waals surface area (Å²) in [5, 5.41) is 19.0. The van der Waals surface area contributed by atoms with E-state index in [1.165, 1.54) is 17.9 Å². The monoisotopic (exact) mass is 285 g/mol. The molecule has 3 N–H and O–H groups in total. The molecule has 1 unspecified atom stereocenters. The maximum Gasteiger partial charge on any atom is 0.357 e. The highest BCUT2D eigenvalue weighted by Gasteiger charge is 2.23. The molecule has 0 aliphatic heterocycles. The van der Waals surface area contributed by atoms with Gasteiger partial charge in [-0.2, -0.15) is 5.26 Å². The number of hydrogen-bond donors (Lipinski definition) is 2. The van der Waals surface area contributed by atoms with Gasteiger partial charge >= 0.3 is 5.97 Å². The number of aliphatic hydroxyl groups excluding tert-OH is 1. The molecule has 0 amide bonds. The summed E-state index contributed by atoms with van der Waals surface area (Å²) in [4.78, 5) is 11.9. The average molecular weight is 285 g/mol. The average Bonchev–Trinajstić information content (AvgIpc) is 2.83. The van der Waals surface area contributed by atoms with Crippen molar-refractivity contribution >= 4 is 11.7 Å². The Bertz CT molecular complexity index is 726. The van der Waals surface area contributed by atoms with Gasteiger partial charge in [-0.15, -0.1) is 0 Å². The van der Waals surface area contributed by atoms with Crippen LogP contribution in [-0.4, -0.2) is 22.8 Å². The smallest absolute Gasteiger partial charge is 0.357 e. The Kier molecular flexibility index (Phi) is 3.96. The van der Waals surface area contributed by atoms with E-state index in [4.69, 9.17) is 15.7 Å². The Hall–Kier alpha value is -2.78. The number of methoxy groups -OCH3 is 1. The van der Waals surface area contributed by atoms with E-state index in [-0.39, 0.29) is 16.9 Å². The molecule has 108 valence electrons. The van der Waals surface area contributed by atoms with Crippen molar-refractivity contribution in [3.8, 4) is 11.8 Å². The Morgan fingerprint density at radius 1 is 1.48 bits per heavy atom. The fourth-order valence-electron chi connectivity index (χ4n) is 2.16. The summed E-state index contributed by atoms with van der Waals surface area (Å²) in [7, 11) is 1.24. The van der Waals surface area contributed by atoms with Crippen LogP contribution in [0.4, 0.5) is 5.69 Å². The number of aliphatic hydroxyl groups is 1. The van der Waals surface area contributed by atoms with Crippen LogP contribution in [0.3, 0.4) is 0 Å². The molecule has 6 nitrogen and oxygen atoms in total. The van der Waals surface area contributed by atoms with Gasteiger partial charge in [-0.3, -0.25) is 0 Å². The first-order valence-corrected chi connectivity index (χ1v) is 6.27. The van der Waals surface area contributed by atoms with E-state index in [0.29, 0.717) is 11.3 Å². The number of nitrogens with two attached hydrogens (primary N) is 1. The number of carbonyl (C=O) groups excluding carboxylic acids is 1. The number of nitrogen functional groups attached to an aromatic ring is 1. The lowest BCUT2D eigenvalue weighted by Crippen LogP contribution is -2.12.